The lowest BCUT2D eigenvalue weighted by Crippen LogP contribution is -2.55. The molecule has 0 aliphatic heterocycles. The van der Waals surface area contributed by atoms with E-state index in [0.29, 0.717) is 35.5 Å². The molecule has 0 heterocycles. The molecule has 1 saturated carbocycles. The molecule has 0 aromatic carbocycles. The molecule has 89 heavy (non-hydrogen) atoms. The van der Waals surface area contributed by atoms with E-state index in [1.54, 1.807) is 0 Å². The maximum absolute atomic E-state index is 10.9. The topological polar surface area (TPSA) is 112 Å². The van der Waals surface area contributed by atoms with Crippen LogP contribution in [0, 0.1) is 16.2 Å². The van der Waals surface area contributed by atoms with Gasteiger partial charge in [-0.3, -0.25) is 14.4 Å². The molecule has 3 N–H and O–H groups in total. The minimum Gasteiger partial charge on any atom is -0.481 e. The lowest BCUT2D eigenvalue weighted by Gasteiger charge is -2.64. The fourth-order valence-corrected chi connectivity index (χ4v) is 17.3. The number of carbonyl (C=O) groups is 3. The number of aliphatic carboxylic acids is 3. The Labute approximate surface area is 557 Å². The minimum absolute atomic E-state index is 0.333. The predicted octanol–water partition coefficient (Wildman–Crippen LogP) is 29.1. The average molecular weight is 1250 g/mol. The molecule has 1 aliphatic carbocycles. The van der Waals surface area contributed by atoms with Crippen LogP contribution in [-0.2, 0) is 14.4 Å². The van der Waals surface area contributed by atoms with E-state index in [1.807, 2.05) is 0 Å². The van der Waals surface area contributed by atoms with Crippen molar-refractivity contribution in [2.24, 2.45) is 16.2 Å². The number of carboxylic acid groups (broad SMARTS) is 3. The van der Waals surface area contributed by atoms with E-state index < -0.39 is 17.9 Å². The van der Waals surface area contributed by atoms with Crippen molar-refractivity contribution in [1.29, 1.82) is 0 Å². The molecular weight excluding hydrogens is 1090 g/mol. The van der Waals surface area contributed by atoms with Gasteiger partial charge in [-0.05, 0) is 86.9 Å². The molecule has 0 amide bonds. The second-order valence-corrected chi connectivity index (χ2v) is 30.3. The summed E-state index contributed by atoms with van der Waals surface area (Å²) in [6, 6.07) is 0. The Morgan fingerprint density at radius 2 is 0.371 bits per heavy atom. The summed E-state index contributed by atoms with van der Waals surface area (Å²) in [4.78, 5) is 32.5. The Bertz CT molecular complexity index is 1440. The summed E-state index contributed by atoms with van der Waals surface area (Å²) in [5.74, 6) is -1.94. The first-order chi connectivity index (χ1) is 43.6. The molecule has 528 valence electrons. The first-order valence-electron chi connectivity index (χ1n) is 41.3. The van der Waals surface area contributed by atoms with Crippen molar-refractivity contribution < 1.29 is 29.7 Å². The van der Waals surface area contributed by atoms with Gasteiger partial charge < -0.3 is 15.3 Å². The molecule has 1 atom stereocenters. The molecule has 0 radical (unpaired) electrons. The van der Waals surface area contributed by atoms with Crippen LogP contribution in [0.4, 0.5) is 0 Å². The van der Waals surface area contributed by atoms with Crippen LogP contribution in [0.1, 0.15) is 496 Å². The Morgan fingerprint density at radius 1 is 0.213 bits per heavy atom. The summed E-state index contributed by atoms with van der Waals surface area (Å²) in [6.07, 6.45) is 98.6. The number of unbranched alkanes of at least 4 members (excludes halogenated alkanes) is 54. The summed E-state index contributed by atoms with van der Waals surface area (Å²) < 4.78 is 0. The van der Waals surface area contributed by atoms with Gasteiger partial charge in [0.2, 0.25) is 0 Å². The standard InChI is InChI=1S/C83H160O6/c1-4-7-10-12-50-60-70-81(71-61-51-13-11-8-5-2)74-64-55-65-75-82(72-62-52-44-38-32-26-20-14-17-23-29-35-41-47-56-67-78(84)85,73-63-53-45-39-33-27-21-15-18-24-30-36-42-48-57-68-79(86)87)83(81,76-59-9-6-3)77-66-54-46-40-34-28-22-16-19-25-31-37-43-49-58-69-80(88)89/h4-77H2,1-3H3,(H,84,85)(H,86,87)(H,88,89). The van der Waals surface area contributed by atoms with E-state index in [0.717, 1.165) is 38.5 Å². The molecule has 0 aromatic rings. The van der Waals surface area contributed by atoms with Gasteiger partial charge in [0, 0.05) is 19.3 Å². The van der Waals surface area contributed by atoms with Crippen LogP contribution >= 0.6 is 0 Å². The normalized spacial score (nSPS) is 15.8. The van der Waals surface area contributed by atoms with Gasteiger partial charge in [-0.1, -0.05) is 406 Å². The van der Waals surface area contributed by atoms with Gasteiger partial charge in [-0.15, -0.1) is 0 Å². The molecular formula is C83H160O6. The number of hydrogen-bond donors (Lipinski definition) is 3. The van der Waals surface area contributed by atoms with E-state index in [4.69, 9.17) is 15.3 Å². The van der Waals surface area contributed by atoms with Crippen molar-refractivity contribution in [3.63, 3.8) is 0 Å². The molecule has 1 unspecified atom stereocenters. The molecule has 1 aliphatic rings. The fourth-order valence-electron chi connectivity index (χ4n) is 17.3. The summed E-state index contributed by atoms with van der Waals surface area (Å²) in [5.41, 5.74) is 1.42. The first kappa shape index (κ1) is 85.4. The molecule has 0 aromatic heterocycles. The van der Waals surface area contributed by atoms with Gasteiger partial charge in [0.25, 0.3) is 0 Å². The van der Waals surface area contributed by atoms with E-state index in [2.05, 4.69) is 20.8 Å². The Hall–Kier alpha value is -1.59. The first-order valence-corrected chi connectivity index (χ1v) is 41.3. The highest BCUT2D eigenvalue weighted by molar-refractivity contribution is 5.67. The number of rotatable bonds is 72. The van der Waals surface area contributed by atoms with Gasteiger partial charge in [0.1, 0.15) is 0 Å². The second kappa shape index (κ2) is 63.8. The smallest absolute Gasteiger partial charge is 0.303 e. The predicted molar refractivity (Wildman–Crippen MR) is 389 cm³/mol. The highest BCUT2D eigenvalue weighted by Gasteiger charge is 2.59. The average Bonchev–Trinajstić information content (AvgIpc) is 0.766. The van der Waals surface area contributed by atoms with Crippen LogP contribution in [0.15, 0.2) is 0 Å². The largest absolute Gasteiger partial charge is 0.481 e. The van der Waals surface area contributed by atoms with Crippen molar-refractivity contribution >= 4 is 17.9 Å². The van der Waals surface area contributed by atoms with E-state index in [-0.39, 0.29) is 0 Å². The van der Waals surface area contributed by atoms with Crippen LogP contribution in [0.2, 0.25) is 0 Å². The second-order valence-electron chi connectivity index (χ2n) is 30.3. The molecule has 1 rings (SSSR count). The summed E-state index contributed by atoms with van der Waals surface area (Å²) in [5, 5.41) is 26.8. The summed E-state index contributed by atoms with van der Waals surface area (Å²) in [6.45, 7) is 7.27. The van der Waals surface area contributed by atoms with Gasteiger partial charge in [-0.2, -0.15) is 0 Å². The Balaban J connectivity index is 3.35. The van der Waals surface area contributed by atoms with Crippen LogP contribution in [0.3, 0.4) is 0 Å². The molecule has 1 fully saturated rings. The summed E-state index contributed by atoms with van der Waals surface area (Å²) >= 11 is 0. The SMILES string of the molecule is CCCCCCCCC1(CCCCCCCC)CCCCCC(CCCCCCCCCCCCCCCCCC(=O)O)(CCCCCCCCCCCCCCCCCC(=O)O)C1(CCCCC)CCCCCCCCCCCCCCCCCC(=O)O. The van der Waals surface area contributed by atoms with Gasteiger partial charge >= 0.3 is 17.9 Å². The van der Waals surface area contributed by atoms with Crippen molar-refractivity contribution in [2.45, 2.75) is 496 Å². The lowest BCUT2D eigenvalue weighted by atomic mass is 9.40. The third kappa shape index (κ3) is 47.9. The highest BCUT2D eigenvalue weighted by Crippen LogP contribution is 2.69. The number of carboxylic acids is 3. The van der Waals surface area contributed by atoms with Gasteiger partial charge in [-0.25, -0.2) is 0 Å². The zero-order valence-corrected chi connectivity index (χ0v) is 60.9. The van der Waals surface area contributed by atoms with Crippen LogP contribution < -0.4 is 0 Å². The zero-order chi connectivity index (χ0) is 64.6. The third-order valence-corrected chi connectivity index (χ3v) is 22.7. The van der Waals surface area contributed by atoms with E-state index in [1.165, 1.54) is 417 Å². The van der Waals surface area contributed by atoms with Crippen LogP contribution in [0.5, 0.6) is 0 Å². The fraction of sp³-hybridized carbons (Fsp3) is 0.964. The number of hydrogen-bond acceptors (Lipinski definition) is 3. The van der Waals surface area contributed by atoms with Crippen molar-refractivity contribution in [3.8, 4) is 0 Å². The van der Waals surface area contributed by atoms with Gasteiger partial charge in [0.15, 0.2) is 0 Å². The van der Waals surface area contributed by atoms with Crippen molar-refractivity contribution in [3.05, 3.63) is 0 Å². The Kier molecular flexibility index (Phi) is 61.2. The molecule has 0 saturated heterocycles. The highest BCUT2D eigenvalue weighted by atomic mass is 16.4. The minimum atomic E-state index is -0.648. The quantitative estimate of drug-likeness (QED) is 0.0523. The summed E-state index contributed by atoms with van der Waals surface area (Å²) in [7, 11) is 0. The molecule has 6 heteroatoms. The maximum atomic E-state index is 10.9. The van der Waals surface area contributed by atoms with E-state index in [9.17, 15) is 14.4 Å². The van der Waals surface area contributed by atoms with Gasteiger partial charge in [0.05, 0.1) is 0 Å². The molecule has 0 bridgehead atoms. The maximum Gasteiger partial charge on any atom is 0.303 e. The van der Waals surface area contributed by atoms with Crippen LogP contribution in [0.25, 0.3) is 0 Å². The van der Waals surface area contributed by atoms with Crippen molar-refractivity contribution in [2.75, 3.05) is 0 Å². The molecule has 6 nitrogen and oxygen atoms in total. The van der Waals surface area contributed by atoms with E-state index >= 15 is 0 Å². The molecule has 0 spiro atoms. The van der Waals surface area contributed by atoms with Crippen molar-refractivity contribution in [1.82, 2.24) is 0 Å². The van der Waals surface area contributed by atoms with Crippen LogP contribution in [-0.4, -0.2) is 33.2 Å². The zero-order valence-electron chi connectivity index (χ0n) is 60.9. The monoisotopic (exact) mass is 1250 g/mol. The lowest BCUT2D eigenvalue weighted by molar-refractivity contribution is -0.146. The Morgan fingerprint density at radius 3 is 0.573 bits per heavy atom. The third-order valence-electron chi connectivity index (χ3n) is 22.7.